The molecule has 28 heavy (non-hydrogen) atoms. The van der Waals surface area contributed by atoms with Crippen LogP contribution in [0.3, 0.4) is 0 Å². The van der Waals surface area contributed by atoms with E-state index in [1.54, 1.807) is 0 Å². The van der Waals surface area contributed by atoms with E-state index in [-0.39, 0.29) is 11.8 Å². The highest BCUT2D eigenvalue weighted by Gasteiger charge is 2.36. The van der Waals surface area contributed by atoms with Crippen molar-refractivity contribution in [2.75, 3.05) is 11.4 Å². The molecule has 1 atom stereocenters. The highest BCUT2D eigenvalue weighted by atomic mass is 16.5. The fourth-order valence-corrected chi connectivity index (χ4v) is 4.26. The van der Waals surface area contributed by atoms with Gasteiger partial charge in [-0.25, -0.2) is 0 Å². The third-order valence-corrected chi connectivity index (χ3v) is 5.44. The Hall–Kier alpha value is -2.95. The highest BCUT2D eigenvalue weighted by Crippen LogP contribution is 2.35. The van der Waals surface area contributed by atoms with Crippen molar-refractivity contribution in [1.29, 1.82) is 0 Å². The van der Waals surface area contributed by atoms with E-state index in [1.807, 2.05) is 24.0 Å². The molecule has 2 heterocycles. The Morgan fingerprint density at radius 2 is 1.64 bits per heavy atom. The molecular weight excluding hydrogens is 350 g/mol. The molecule has 144 valence electrons. The van der Waals surface area contributed by atoms with Gasteiger partial charge in [0, 0.05) is 24.2 Å². The van der Waals surface area contributed by atoms with Crippen LogP contribution in [0.5, 0.6) is 0 Å². The molecule has 4 rings (SSSR count). The van der Waals surface area contributed by atoms with Crippen molar-refractivity contribution in [2.45, 2.75) is 47.0 Å². The SMILES string of the molecule is Cc1ccc(-c2noc(C3CC(=O)N(c4c(C)cc(C)cc4C)C3)n2)c(C)c1. The van der Waals surface area contributed by atoms with Crippen LogP contribution in [0.4, 0.5) is 5.69 Å². The third-order valence-electron chi connectivity index (χ3n) is 5.44. The molecule has 5 heteroatoms. The van der Waals surface area contributed by atoms with Crippen LogP contribution < -0.4 is 4.90 Å². The maximum Gasteiger partial charge on any atom is 0.232 e. The molecule has 1 amide bonds. The molecule has 2 aromatic carbocycles. The maximum atomic E-state index is 12.8. The van der Waals surface area contributed by atoms with Crippen LogP contribution in [0.25, 0.3) is 11.4 Å². The number of carbonyl (C=O) groups excluding carboxylic acids is 1. The van der Waals surface area contributed by atoms with Gasteiger partial charge in [0.1, 0.15) is 0 Å². The van der Waals surface area contributed by atoms with Crippen LogP contribution in [-0.2, 0) is 4.79 Å². The number of amides is 1. The molecule has 1 unspecified atom stereocenters. The Bertz CT molecular complexity index is 1040. The lowest BCUT2D eigenvalue weighted by Gasteiger charge is -2.21. The minimum absolute atomic E-state index is 0.0837. The zero-order valence-electron chi connectivity index (χ0n) is 17.0. The van der Waals surface area contributed by atoms with Crippen molar-refractivity contribution in [1.82, 2.24) is 10.1 Å². The number of carbonyl (C=O) groups is 1. The van der Waals surface area contributed by atoms with Crippen LogP contribution in [0.15, 0.2) is 34.9 Å². The smallest absolute Gasteiger partial charge is 0.232 e. The fraction of sp³-hybridized carbons (Fsp3) is 0.348. The van der Waals surface area contributed by atoms with Gasteiger partial charge in [-0.2, -0.15) is 4.98 Å². The summed E-state index contributed by atoms with van der Waals surface area (Å²) in [5, 5.41) is 4.18. The largest absolute Gasteiger partial charge is 0.339 e. The molecule has 0 aliphatic carbocycles. The summed E-state index contributed by atoms with van der Waals surface area (Å²) in [5.41, 5.74) is 7.73. The normalized spacial score (nSPS) is 16.8. The number of benzene rings is 2. The lowest BCUT2D eigenvalue weighted by Crippen LogP contribution is -2.26. The summed E-state index contributed by atoms with van der Waals surface area (Å²) in [6.45, 7) is 10.9. The monoisotopic (exact) mass is 375 g/mol. The zero-order valence-corrected chi connectivity index (χ0v) is 17.0. The van der Waals surface area contributed by atoms with E-state index in [9.17, 15) is 4.79 Å². The Morgan fingerprint density at radius 1 is 0.964 bits per heavy atom. The number of anilines is 1. The summed E-state index contributed by atoms with van der Waals surface area (Å²) in [5.74, 6) is 1.14. The number of aryl methyl sites for hydroxylation is 5. The van der Waals surface area contributed by atoms with Crippen molar-refractivity contribution in [2.24, 2.45) is 0 Å². The number of hydrogen-bond donors (Lipinski definition) is 0. The van der Waals surface area contributed by atoms with Crippen molar-refractivity contribution < 1.29 is 9.32 Å². The first-order valence-electron chi connectivity index (χ1n) is 9.63. The first-order valence-corrected chi connectivity index (χ1v) is 9.63. The second-order valence-electron chi connectivity index (χ2n) is 7.93. The van der Waals surface area contributed by atoms with Gasteiger partial charge in [0.25, 0.3) is 0 Å². The summed E-state index contributed by atoms with van der Waals surface area (Å²) < 4.78 is 5.56. The standard InChI is InChI=1S/C23H25N3O2/c1-13-6-7-19(15(3)8-13)22-24-23(28-25-22)18-11-20(27)26(12-18)21-16(4)9-14(2)10-17(21)5/h6-10,18H,11-12H2,1-5H3. The van der Waals surface area contributed by atoms with Crippen LogP contribution >= 0.6 is 0 Å². The van der Waals surface area contributed by atoms with E-state index in [0.29, 0.717) is 24.7 Å². The van der Waals surface area contributed by atoms with Gasteiger partial charge in [0.2, 0.25) is 17.6 Å². The van der Waals surface area contributed by atoms with Crippen LogP contribution in [0.1, 0.15) is 46.0 Å². The van der Waals surface area contributed by atoms with Crippen LogP contribution in [0.2, 0.25) is 0 Å². The number of aromatic nitrogens is 2. The predicted molar refractivity (Wildman–Crippen MR) is 110 cm³/mol. The number of rotatable bonds is 3. The fourth-order valence-electron chi connectivity index (χ4n) is 4.26. The minimum Gasteiger partial charge on any atom is -0.339 e. The van der Waals surface area contributed by atoms with E-state index in [2.05, 4.69) is 56.0 Å². The van der Waals surface area contributed by atoms with Crippen molar-refractivity contribution in [3.63, 3.8) is 0 Å². The Labute approximate surface area is 165 Å². The quantitative estimate of drug-likeness (QED) is 0.660. The summed E-state index contributed by atoms with van der Waals surface area (Å²) in [7, 11) is 0. The topological polar surface area (TPSA) is 59.2 Å². The van der Waals surface area contributed by atoms with E-state index in [1.165, 1.54) is 11.1 Å². The van der Waals surface area contributed by atoms with Crippen molar-refractivity contribution in [3.05, 3.63) is 64.0 Å². The van der Waals surface area contributed by atoms with Gasteiger partial charge >= 0.3 is 0 Å². The lowest BCUT2D eigenvalue weighted by atomic mass is 10.0. The molecule has 0 radical (unpaired) electrons. The second kappa shape index (κ2) is 6.89. The van der Waals surface area contributed by atoms with Gasteiger partial charge in [0.15, 0.2) is 0 Å². The molecule has 1 fully saturated rings. The van der Waals surface area contributed by atoms with E-state index in [4.69, 9.17) is 4.52 Å². The highest BCUT2D eigenvalue weighted by molar-refractivity contribution is 5.97. The first-order chi connectivity index (χ1) is 13.3. The first kappa shape index (κ1) is 18.4. The third kappa shape index (κ3) is 3.21. The van der Waals surface area contributed by atoms with Gasteiger partial charge < -0.3 is 9.42 Å². The van der Waals surface area contributed by atoms with Crippen molar-refractivity contribution in [3.8, 4) is 11.4 Å². The molecule has 1 aliphatic rings. The van der Waals surface area contributed by atoms with Crippen LogP contribution in [-0.4, -0.2) is 22.6 Å². The Morgan fingerprint density at radius 3 is 2.32 bits per heavy atom. The maximum absolute atomic E-state index is 12.8. The van der Waals surface area contributed by atoms with E-state index >= 15 is 0 Å². The van der Waals surface area contributed by atoms with Crippen LogP contribution in [0, 0.1) is 34.6 Å². The van der Waals surface area contributed by atoms with E-state index in [0.717, 1.165) is 27.9 Å². The van der Waals surface area contributed by atoms with E-state index < -0.39 is 0 Å². The molecule has 3 aromatic rings. The molecule has 0 N–H and O–H groups in total. The molecule has 1 aliphatic heterocycles. The summed E-state index contributed by atoms with van der Waals surface area (Å²) in [6.07, 6.45) is 0.390. The van der Waals surface area contributed by atoms with Crippen molar-refractivity contribution >= 4 is 11.6 Å². The minimum atomic E-state index is -0.0837. The van der Waals surface area contributed by atoms with Gasteiger partial charge in [0.05, 0.1) is 5.92 Å². The lowest BCUT2D eigenvalue weighted by molar-refractivity contribution is -0.117. The molecule has 5 nitrogen and oxygen atoms in total. The number of nitrogens with zero attached hydrogens (tertiary/aromatic N) is 3. The van der Waals surface area contributed by atoms with Gasteiger partial charge in [-0.1, -0.05) is 46.6 Å². The average molecular weight is 375 g/mol. The average Bonchev–Trinajstić information content (AvgIpc) is 3.22. The van der Waals surface area contributed by atoms with Gasteiger partial charge in [-0.05, 0) is 51.3 Å². The van der Waals surface area contributed by atoms with Gasteiger partial charge in [-0.15, -0.1) is 0 Å². The molecule has 1 saturated heterocycles. The Balaban J connectivity index is 1.61. The number of hydrogen-bond acceptors (Lipinski definition) is 4. The summed E-state index contributed by atoms with van der Waals surface area (Å²) in [4.78, 5) is 19.2. The zero-order chi connectivity index (χ0) is 20.0. The molecule has 0 bridgehead atoms. The molecule has 1 aromatic heterocycles. The predicted octanol–water partition coefficient (Wildman–Crippen LogP) is 4.80. The summed E-state index contributed by atoms with van der Waals surface area (Å²) in [6, 6.07) is 10.4. The molecule has 0 saturated carbocycles. The van der Waals surface area contributed by atoms with Gasteiger partial charge in [-0.3, -0.25) is 4.79 Å². The summed E-state index contributed by atoms with van der Waals surface area (Å²) >= 11 is 0. The Kier molecular flexibility index (Phi) is 4.53. The molecule has 0 spiro atoms. The second-order valence-corrected chi connectivity index (χ2v) is 7.93. The molecular formula is C23H25N3O2.